The number of hydrogen-bond acceptors (Lipinski definition) is 3. The van der Waals surface area contributed by atoms with Crippen molar-refractivity contribution in [3.8, 4) is 0 Å². The van der Waals surface area contributed by atoms with Crippen LogP contribution in [0.4, 0.5) is 5.69 Å². The van der Waals surface area contributed by atoms with E-state index in [-0.39, 0.29) is 0 Å². The fourth-order valence-corrected chi connectivity index (χ4v) is 1.79. The van der Waals surface area contributed by atoms with Crippen LogP contribution in [0.15, 0.2) is 23.2 Å². The number of para-hydroxylation sites is 1. The number of hydrogen-bond donors (Lipinski definition) is 2. The lowest BCUT2D eigenvalue weighted by Crippen LogP contribution is -2.28. The summed E-state index contributed by atoms with van der Waals surface area (Å²) in [5, 5.41) is 0. The summed E-state index contributed by atoms with van der Waals surface area (Å²) in [6, 6.07) is 6.28. The molecule has 1 aliphatic heterocycles. The van der Waals surface area contributed by atoms with E-state index in [0.29, 0.717) is 0 Å². The molecule has 1 aromatic carbocycles. The Morgan fingerprint density at radius 3 is 2.47 bits per heavy atom. The summed E-state index contributed by atoms with van der Waals surface area (Å²) in [6.07, 6.45) is 2.22. The molecule has 0 saturated heterocycles. The smallest absolute Gasteiger partial charge is 0.115 e. The minimum Gasteiger partial charge on any atom is -0.299 e. The van der Waals surface area contributed by atoms with Crippen LogP contribution in [0, 0.1) is 13.8 Å². The molecule has 1 aliphatic rings. The first-order valence-electron chi connectivity index (χ1n) is 5.39. The lowest BCUT2D eigenvalue weighted by atomic mass is 10.1. The second kappa shape index (κ2) is 4.34. The molecule has 0 fully saturated rings. The molecular formula is C12H17N3. The number of aryl methyl sites for hydroxylation is 2. The van der Waals surface area contributed by atoms with Gasteiger partial charge in [0, 0.05) is 13.0 Å². The van der Waals surface area contributed by atoms with Crippen molar-refractivity contribution in [1.82, 2.24) is 5.43 Å². The summed E-state index contributed by atoms with van der Waals surface area (Å²) < 4.78 is 0. The van der Waals surface area contributed by atoms with Gasteiger partial charge < -0.3 is 0 Å². The van der Waals surface area contributed by atoms with Gasteiger partial charge in [0.2, 0.25) is 0 Å². The summed E-state index contributed by atoms with van der Waals surface area (Å²) in [7, 11) is 0. The first-order valence-corrected chi connectivity index (χ1v) is 5.39. The van der Waals surface area contributed by atoms with E-state index in [0.717, 1.165) is 30.9 Å². The van der Waals surface area contributed by atoms with Crippen LogP contribution in [0.3, 0.4) is 0 Å². The van der Waals surface area contributed by atoms with Gasteiger partial charge in [0.05, 0.1) is 5.69 Å². The lowest BCUT2D eigenvalue weighted by Gasteiger charge is -2.14. The Balaban J connectivity index is 2.04. The van der Waals surface area contributed by atoms with Crippen molar-refractivity contribution < 1.29 is 0 Å². The van der Waals surface area contributed by atoms with E-state index in [9.17, 15) is 0 Å². The molecule has 0 unspecified atom stereocenters. The van der Waals surface area contributed by atoms with Crippen molar-refractivity contribution in [2.24, 2.45) is 4.99 Å². The molecule has 15 heavy (non-hydrogen) atoms. The number of aliphatic imine (C=N–C) groups is 1. The summed E-state index contributed by atoms with van der Waals surface area (Å²) in [6.45, 7) is 5.16. The topological polar surface area (TPSA) is 36.4 Å². The molecule has 3 nitrogen and oxygen atoms in total. The second-order valence-corrected chi connectivity index (χ2v) is 3.95. The van der Waals surface area contributed by atoms with Crippen LogP contribution in [0.1, 0.15) is 24.0 Å². The summed E-state index contributed by atoms with van der Waals surface area (Å²) in [4.78, 5) is 4.35. The quantitative estimate of drug-likeness (QED) is 0.724. The predicted octanol–water partition coefficient (Wildman–Crippen LogP) is 2.41. The molecule has 2 rings (SSSR count). The van der Waals surface area contributed by atoms with Gasteiger partial charge in [-0.15, -0.1) is 0 Å². The maximum absolute atomic E-state index is 4.35. The highest BCUT2D eigenvalue weighted by atomic mass is 15.4. The van der Waals surface area contributed by atoms with E-state index in [1.54, 1.807) is 0 Å². The van der Waals surface area contributed by atoms with Crippen molar-refractivity contribution in [2.75, 3.05) is 12.0 Å². The molecule has 80 valence electrons. The highest BCUT2D eigenvalue weighted by Gasteiger charge is 2.06. The molecule has 0 saturated carbocycles. The van der Waals surface area contributed by atoms with E-state index in [4.69, 9.17) is 0 Å². The van der Waals surface area contributed by atoms with Gasteiger partial charge in [0.25, 0.3) is 0 Å². The average Bonchev–Trinajstić information content (AvgIpc) is 2.70. The highest BCUT2D eigenvalue weighted by molar-refractivity contribution is 5.84. The van der Waals surface area contributed by atoms with E-state index in [1.807, 2.05) is 0 Å². The monoisotopic (exact) mass is 203 g/mol. The van der Waals surface area contributed by atoms with E-state index in [2.05, 4.69) is 47.9 Å². The Bertz CT molecular complexity index is 362. The third kappa shape index (κ3) is 2.29. The van der Waals surface area contributed by atoms with E-state index < -0.39 is 0 Å². The SMILES string of the molecule is Cc1cccc(C)c1NNC1=NCCC1. The zero-order chi connectivity index (χ0) is 10.7. The number of anilines is 1. The third-order valence-corrected chi connectivity index (χ3v) is 2.69. The Kier molecular flexibility index (Phi) is 2.90. The van der Waals surface area contributed by atoms with E-state index >= 15 is 0 Å². The van der Waals surface area contributed by atoms with Crippen molar-refractivity contribution in [3.05, 3.63) is 29.3 Å². The van der Waals surface area contributed by atoms with Crippen molar-refractivity contribution in [2.45, 2.75) is 26.7 Å². The van der Waals surface area contributed by atoms with Crippen LogP contribution in [-0.4, -0.2) is 12.4 Å². The number of nitrogens with one attached hydrogen (secondary N) is 2. The molecule has 3 heteroatoms. The molecule has 0 amide bonds. The van der Waals surface area contributed by atoms with Crippen molar-refractivity contribution in [3.63, 3.8) is 0 Å². The molecule has 0 aromatic heterocycles. The second-order valence-electron chi connectivity index (χ2n) is 3.95. The summed E-state index contributed by atoms with van der Waals surface area (Å²) in [5.41, 5.74) is 10.1. The van der Waals surface area contributed by atoms with Crippen LogP contribution < -0.4 is 10.9 Å². The van der Waals surface area contributed by atoms with Crippen LogP contribution in [-0.2, 0) is 0 Å². The maximum Gasteiger partial charge on any atom is 0.115 e. The number of nitrogens with zero attached hydrogens (tertiary/aromatic N) is 1. The summed E-state index contributed by atoms with van der Waals surface area (Å²) >= 11 is 0. The Labute approximate surface area is 90.6 Å². The highest BCUT2D eigenvalue weighted by Crippen LogP contribution is 2.18. The largest absolute Gasteiger partial charge is 0.299 e. The molecular weight excluding hydrogens is 186 g/mol. The van der Waals surface area contributed by atoms with Gasteiger partial charge in [-0.25, -0.2) is 0 Å². The zero-order valence-corrected chi connectivity index (χ0v) is 9.30. The van der Waals surface area contributed by atoms with Crippen LogP contribution in [0.5, 0.6) is 0 Å². The predicted molar refractivity (Wildman–Crippen MR) is 64.2 cm³/mol. The van der Waals surface area contributed by atoms with Gasteiger partial charge in [0.15, 0.2) is 0 Å². The number of hydrazine groups is 1. The Hall–Kier alpha value is -1.51. The van der Waals surface area contributed by atoms with Crippen molar-refractivity contribution >= 4 is 11.5 Å². The lowest BCUT2D eigenvalue weighted by molar-refractivity contribution is 0.944. The molecule has 2 N–H and O–H groups in total. The minimum absolute atomic E-state index is 0.955. The van der Waals surface area contributed by atoms with Gasteiger partial charge in [-0.2, -0.15) is 0 Å². The first kappa shape index (κ1) is 10.0. The normalized spacial score (nSPS) is 14.9. The first-order chi connectivity index (χ1) is 7.27. The van der Waals surface area contributed by atoms with Gasteiger partial charge in [-0.05, 0) is 31.4 Å². The molecule has 1 heterocycles. The van der Waals surface area contributed by atoms with Gasteiger partial charge >= 0.3 is 0 Å². The van der Waals surface area contributed by atoms with Crippen LogP contribution in [0.2, 0.25) is 0 Å². The van der Waals surface area contributed by atoms with E-state index in [1.165, 1.54) is 11.1 Å². The fraction of sp³-hybridized carbons (Fsp3) is 0.417. The van der Waals surface area contributed by atoms with Crippen LogP contribution >= 0.6 is 0 Å². The molecule has 1 aromatic rings. The standard InChI is InChI=1S/C12H17N3/c1-9-5-3-6-10(2)12(9)15-14-11-7-4-8-13-11/h3,5-6,15H,4,7-8H2,1-2H3,(H,13,14). The van der Waals surface area contributed by atoms with Gasteiger partial charge in [-0.1, -0.05) is 18.2 Å². The molecule has 0 spiro atoms. The van der Waals surface area contributed by atoms with Crippen LogP contribution in [0.25, 0.3) is 0 Å². The number of rotatable bonds is 2. The zero-order valence-electron chi connectivity index (χ0n) is 9.30. The number of amidine groups is 1. The van der Waals surface area contributed by atoms with Gasteiger partial charge in [-0.3, -0.25) is 15.8 Å². The minimum atomic E-state index is 0.955. The Morgan fingerprint density at radius 1 is 1.13 bits per heavy atom. The molecule has 0 radical (unpaired) electrons. The van der Waals surface area contributed by atoms with Gasteiger partial charge in [0.1, 0.15) is 5.84 Å². The molecule has 0 aliphatic carbocycles. The third-order valence-electron chi connectivity index (χ3n) is 2.69. The maximum atomic E-state index is 4.35. The number of benzene rings is 1. The average molecular weight is 203 g/mol. The molecule has 0 bridgehead atoms. The fourth-order valence-electron chi connectivity index (χ4n) is 1.79. The molecule has 0 atom stereocenters. The Morgan fingerprint density at radius 2 is 1.87 bits per heavy atom. The summed E-state index contributed by atoms with van der Waals surface area (Å²) in [5.74, 6) is 1.07. The van der Waals surface area contributed by atoms with Crippen molar-refractivity contribution in [1.29, 1.82) is 0 Å².